The first-order valence-electron chi connectivity index (χ1n) is 5.83. The second-order valence-electron chi connectivity index (χ2n) is 3.94. The summed E-state index contributed by atoms with van der Waals surface area (Å²) in [5.41, 5.74) is 2.20. The molecule has 0 fully saturated rings. The average molecular weight is 238 g/mol. The zero-order valence-electron chi connectivity index (χ0n) is 9.61. The molecule has 1 N–H and O–H groups in total. The Kier molecular flexibility index (Phi) is 4.13. The van der Waals surface area contributed by atoms with Gasteiger partial charge in [-0.2, -0.15) is 11.8 Å². The predicted molar refractivity (Wildman–Crippen MR) is 68.2 cm³/mol. The minimum absolute atomic E-state index is 0.382. The van der Waals surface area contributed by atoms with Gasteiger partial charge in [0.15, 0.2) is 0 Å². The topological polar surface area (TPSA) is 29.5 Å². The molecule has 16 heavy (non-hydrogen) atoms. The highest BCUT2D eigenvalue weighted by atomic mass is 32.2. The number of aliphatic hydroxyl groups excluding tert-OH is 1. The number of aliphatic hydroxyl groups is 1. The molecule has 3 heteroatoms. The fourth-order valence-corrected chi connectivity index (χ4v) is 2.68. The van der Waals surface area contributed by atoms with Crippen LogP contribution in [0.1, 0.15) is 30.6 Å². The van der Waals surface area contributed by atoms with Crippen molar-refractivity contribution < 1.29 is 9.84 Å². The first kappa shape index (κ1) is 11.8. The van der Waals surface area contributed by atoms with Crippen molar-refractivity contribution in [2.45, 2.75) is 25.9 Å². The number of hydrogen-bond acceptors (Lipinski definition) is 3. The van der Waals surface area contributed by atoms with E-state index in [0.29, 0.717) is 0 Å². The van der Waals surface area contributed by atoms with Crippen LogP contribution in [0.15, 0.2) is 18.2 Å². The maximum absolute atomic E-state index is 10.1. The smallest absolute Gasteiger partial charge is 0.128 e. The summed E-state index contributed by atoms with van der Waals surface area (Å²) < 4.78 is 5.59. The number of ether oxygens (including phenoxy) is 1. The van der Waals surface area contributed by atoms with Gasteiger partial charge in [0.25, 0.3) is 0 Å². The van der Waals surface area contributed by atoms with Gasteiger partial charge in [0.05, 0.1) is 12.7 Å². The van der Waals surface area contributed by atoms with Gasteiger partial charge in [-0.1, -0.05) is 25.1 Å². The van der Waals surface area contributed by atoms with Crippen LogP contribution in [0.4, 0.5) is 0 Å². The summed E-state index contributed by atoms with van der Waals surface area (Å²) in [5.74, 6) is 3.04. The second-order valence-corrected chi connectivity index (χ2v) is 5.33. The molecule has 0 amide bonds. The Labute approximate surface area is 101 Å². The lowest BCUT2D eigenvalue weighted by atomic mass is 10.0. The van der Waals surface area contributed by atoms with Gasteiger partial charge in [-0.3, -0.25) is 0 Å². The molecule has 0 bridgehead atoms. The lowest BCUT2D eigenvalue weighted by Gasteiger charge is -2.14. The van der Waals surface area contributed by atoms with Gasteiger partial charge < -0.3 is 9.84 Å². The van der Waals surface area contributed by atoms with Gasteiger partial charge in [-0.25, -0.2) is 0 Å². The molecular weight excluding hydrogens is 220 g/mol. The molecule has 0 aromatic heterocycles. The van der Waals surface area contributed by atoms with Gasteiger partial charge in [-0.05, 0) is 23.5 Å². The normalized spacial score (nSPS) is 15.6. The molecule has 1 heterocycles. The van der Waals surface area contributed by atoms with E-state index in [1.807, 2.05) is 23.9 Å². The first-order valence-corrected chi connectivity index (χ1v) is 6.98. The van der Waals surface area contributed by atoms with Crippen LogP contribution in [0.5, 0.6) is 5.75 Å². The van der Waals surface area contributed by atoms with Crippen LogP contribution in [-0.4, -0.2) is 23.2 Å². The summed E-state index contributed by atoms with van der Waals surface area (Å²) >= 11 is 1.86. The Hall–Kier alpha value is -0.670. The molecule has 1 aromatic carbocycles. The predicted octanol–water partition coefficient (Wildman–Crippen LogP) is 2.80. The van der Waals surface area contributed by atoms with E-state index in [2.05, 4.69) is 13.0 Å². The van der Waals surface area contributed by atoms with Gasteiger partial charge >= 0.3 is 0 Å². The Balaban J connectivity index is 2.05. The Bertz CT molecular complexity index is 352. The molecule has 0 saturated carbocycles. The summed E-state index contributed by atoms with van der Waals surface area (Å²) in [4.78, 5) is 0. The summed E-state index contributed by atoms with van der Waals surface area (Å²) in [6.45, 7) is 2.89. The van der Waals surface area contributed by atoms with Crippen LogP contribution in [-0.2, 0) is 6.42 Å². The summed E-state index contributed by atoms with van der Waals surface area (Å²) in [6, 6.07) is 6.07. The number of fused-ring (bicyclic) bond motifs is 1. The summed E-state index contributed by atoms with van der Waals surface area (Å²) in [5, 5.41) is 10.1. The largest absolute Gasteiger partial charge is 0.493 e. The van der Waals surface area contributed by atoms with Gasteiger partial charge in [0.2, 0.25) is 0 Å². The molecule has 1 aliphatic rings. The van der Waals surface area contributed by atoms with E-state index in [9.17, 15) is 5.11 Å². The van der Waals surface area contributed by atoms with E-state index >= 15 is 0 Å². The average Bonchev–Trinajstić information content (AvgIpc) is 2.76. The fourth-order valence-electron chi connectivity index (χ4n) is 2.00. The van der Waals surface area contributed by atoms with Crippen molar-refractivity contribution in [3.8, 4) is 5.75 Å². The summed E-state index contributed by atoms with van der Waals surface area (Å²) in [7, 11) is 0. The third-order valence-corrected chi connectivity index (χ3v) is 3.78. The van der Waals surface area contributed by atoms with Crippen molar-refractivity contribution in [1.82, 2.24) is 0 Å². The molecule has 0 aliphatic carbocycles. The number of thioether (sulfide) groups is 1. The number of hydrogen-bond donors (Lipinski definition) is 1. The Morgan fingerprint density at radius 3 is 3.19 bits per heavy atom. The standard InChI is InChI=1S/C13H18O2S/c1-2-16-9-7-12(14)11-5-3-4-10-6-8-15-13(10)11/h3-5,12,14H,2,6-9H2,1H3. The minimum Gasteiger partial charge on any atom is -0.493 e. The van der Waals surface area contributed by atoms with Crippen molar-refractivity contribution >= 4 is 11.8 Å². The van der Waals surface area contributed by atoms with Crippen LogP contribution in [0.2, 0.25) is 0 Å². The monoisotopic (exact) mass is 238 g/mol. The molecule has 0 saturated heterocycles. The van der Waals surface area contributed by atoms with Gasteiger partial charge in [-0.15, -0.1) is 0 Å². The molecule has 88 valence electrons. The van der Waals surface area contributed by atoms with Gasteiger partial charge in [0, 0.05) is 12.0 Å². The molecule has 1 aromatic rings. The van der Waals surface area contributed by atoms with Crippen LogP contribution in [0.3, 0.4) is 0 Å². The van der Waals surface area contributed by atoms with Crippen LogP contribution in [0.25, 0.3) is 0 Å². The Morgan fingerprint density at radius 1 is 1.50 bits per heavy atom. The Morgan fingerprint density at radius 2 is 2.38 bits per heavy atom. The third-order valence-electron chi connectivity index (χ3n) is 2.84. The van der Waals surface area contributed by atoms with Crippen molar-refractivity contribution in [3.05, 3.63) is 29.3 Å². The fraction of sp³-hybridized carbons (Fsp3) is 0.538. The molecule has 1 atom stereocenters. The molecule has 2 nitrogen and oxygen atoms in total. The zero-order valence-corrected chi connectivity index (χ0v) is 10.4. The maximum Gasteiger partial charge on any atom is 0.128 e. The highest BCUT2D eigenvalue weighted by Gasteiger charge is 2.20. The molecule has 2 rings (SSSR count). The van der Waals surface area contributed by atoms with E-state index in [-0.39, 0.29) is 6.10 Å². The number of para-hydroxylation sites is 1. The third kappa shape index (κ3) is 2.53. The van der Waals surface area contributed by atoms with E-state index in [4.69, 9.17) is 4.74 Å². The van der Waals surface area contributed by atoms with Crippen molar-refractivity contribution in [2.24, 2.45) is 0 Å². The second kappa shape index (κ2) is 5.60. The van der Waals surface area contributed by atoms with Crippen molar-refractivity contribution in [3.63, 3.8) is 0 Å². The van der Waals surface area contributed by atoms with Crippen LogP contribution in [0, 0.1) is 0 Å². The van der Waals surface area contributed by atoms with Crippen molar-refractivity contribution in [2.75, 3.05) is 18.1 Å². The quantitative estimate of drug-likeness (QED) is 0.800. The van der Waals surface area contributed by atoms with E-state index in [1.54, 1.807) is 0 Å². The van der Waals surface area contributed by atoms with Crippen molar-refractivity contribution in [1.29, 1.82) is 0 Å². The minimum atomic E-state index is -0.382. The van der Waals surface area contributed by atoms with Crippen LogP contribution >= 0.6 is 11.8 Å². The van der Waals surface area contributed by atoms with E-state index < -0.39 is 0 Å². The molecule has 1 aliphatic heterocycles. The highest BCUT2D eigenvalue weighted by Crippen LogP contribution is 2.34. The lowest BCUT2D eigenvalue weighted by Crippen LogP contribution is -2.01. The first-order chi connectivity index (χ1) is 7.83. The molecular formula is C13H18O2S. The summed E-state index contributed by atoms with van der Waals surface area (Å²) in [6.07, 6.45) is 1.39. The van der Waals surface area contributed by atoms with E-state index in [0.717, 1.165) is 42.3 Å². The van der Waals surface area contributed by atoms with Crippen LogP contribution < -0.4 is 4.74 Å². The van der Waals surface area contributed by atoms with Gasteiger partial charge in [0.1, 0.15) is 5.75 Å². The zero-order chi connectivity index (χ0) is 11.4. The highest BCUT2D eigenvalue weighted by molar-refractivity contribution is 7.99. The molecule has 1 unspecified atom stereocenters. The van der Waals surface area contributed by atoms with E-state index in [1.165, 1.54) is 5.56 Å². The lowest BCUT2D eigenvalue weighted by molar-refractivity contribution is 0.170. The number of rotatable bonds is 5. The molecule has 0 radical (unpaired) electrons. The number of benzene rings is 1. The molecule has 0 spiro atoms. The SMILES string of the molecule is CCSCCC(O)c1cccc2c1OCC2. The maximum atomic E-state index is 10.1.